The van der Waals surface area contributed by atoms with Gasteiger partial charge in [0.15, 0.2) is 17.5 Å². The van der Waals surface area contributed by atoms with Gasteiger partial charge < -0.3 is 0 Å². The van der Waals surface area contributed by atoms with Crippen LogP contribution in [0.2, 0.25) is 0 Å². The zero-order valence-corrected chi connectivity index (χ0v) is 24.4. The molecule has 0 saturated carbocycles. The van der Waals surface area contributed by atoms with Gasteiger partial charge in [-0.15, -0.1) is 0 Å². The van der Waals surface area contributed by atoms with Gasteiger partial charge in [0.05, 0.1) is 0 Å². The molecule has 5 aromatic rings. The summed E-state index contributed by atoms with van der Waals surface area (Å²) in [6, 6.07) is 33.8. The van der Waals surface area contributed by atoms with E-state index in [1.54, 1.807) is 0 Å². The van der Waals surface area contributed by atoms with Gasteiger partial charge in [-0.25, -0.2) is 15.0 Å². The van der Waals surface area contributed by atoms with Gasteiger partial charge in [-0.05, 0) is 44.7 Å². The summed E-state index contributed by atoms with van der Waals surface area (Å²) < 4.78 is 0. The number of hydrogen-bond acceptors (Lipinski definition) is 3. The molecule has 5 rings (SSSR count). The quantitative estimate of drug-likeness (QED) is 0.230. The Morgan fingerprint density at radius 1 is 0.500 bits per heavy atom. The Kier molecular flexibility index (Phi) is 7.25. The fourth-order valence-corrected chi connectivity index (χ4v) is 4.74. The van der Waals surface area contributed by atoms with E-state index in [0.29, 0.717) is 17.5 Å². The van der Waals surface area contributed by atoms with E-state index in [1.807, 2.05) is 12.1 Å². The minimum absolute atomic E-state index is 0.0679. The molecule has 0 radical (unpaired) electrons. The highest BCUT2D eigenvalue weighted by Gasteiger charge is 2.19. The van der Waals surface area contributed by atoms with Crippen LogP contribution in [-0.2, 0) is 10.8 Å². The molecule has 40 heavy (non-hydrogen) atoms. The molecule has 0 N–H and O–H groups in total. The van der Waals surface area contributed by atoms with E-state index in [9.17, 15) is 0 Å². The van der Waals surface area contributed by atoms with Crippen LogP contribution in [0.15, 0.2) is 104 Å². The minimum Gasteiger partial charge on any atom is -0.208 e. The largest absolute Gasteiger partial charge is 0.208 e. The number of benzene rings is 4. The molecule has 3 heteroatoms. The molecule has 4 aromatic carbocycles. The summed E-state index contributed by atoms with van der Waals surface area (Å²) in [6.07, 6.45) is 1.86. The predicted octanol–water partition coefficient (Wildman–Crippen LogP) is 9.78. The first-order valence-electron chi connectivity index (χ1n) is 13.8. The van der Waals surface area contributed by atoms with Crippen LogP contribution in [0.3, 0.4) is 0 Å². The molecule has 200 valence electrons. The van der Waals surface area contributed by atoms with Crippen LogP contribution in [0, 0.1) is 0 Å². The third-order valence-corrected chi connectivity index (χ3v) is 7.26. The zero-order valence-electron chi connectivity index (χ0n) is 24.4. The van der Waals surface area contributed by atoms with Crippen molar-refractivity contribution in [3.8, 4) is 45.3 Å². The fraction of sp³-hybridized carbons (Fsp3) is 0.216. The van der Waals surface area contributed by atoms with E-state index < -0.39 is 0 Å². The monoisotopic (exact) mass is 523 g/mol. The smallest absolute Gasteiger partial charge is 0.164 e. The number of hydrogen-bond donors (Lipinski definition) is 0. The molecular weight excluding hydrogens is 486 g/mol. The van der Waals surface area contributed by atoms with E-state index >= 15 is 0 Å². The summed E-state index contributed by atoms with van der Waals surface area (Å²) in [4.78, 5) is 15.1. The molecular formula is C37H37N3. The van der Waals surface area contributed by atoms with E-state index in [4.69, 9.17) is 15.0 Å². The summed E-state index contributed by atoms with van der Waals surface area (Å²) in [5.41, 5.74) is 8.75. The molecule has 0 amide bonds. The van der Waals surface area contributed by atoms with E-state index in [0.717, 1.165) is 33.4 Å². The SMILES string of the molecule is C=Cc1ccc(-c2ccccc2)c(-c2nc(-c3ccc(C(C)(C)C)cc3)nc(-c3ccc(C(C)(C)C)cc3)n2)c1. The minimum atomic E-state index is 0.0679. The molecule has 0 atom stereocenters. The highest BCUT2D eigenvalue weighted by atomic mass is 15.0. The molecule has 0 fully saturated rings. The van der Waals surface area contributed by atoms with E-state index in [2.05, 4.69) is 139 Å². The van der Waals surface area contributed by atoms with Crippen LogP contribution in [0.25, 0.3) is 51.4 Å². The standard InChI is InChI=1S/C37H37N3/c1-8-25-14-23-31(26-12-10-9-11-13-26)32(24-25)35-39-33(27-15-19-29(20-16-27)36(2,3)4)38-34(40-35)28-17-21-30(22-18-28)37(5,6)7/h8-24H,1H2,2-7H3. The van der Waals surface area contributed by atoms with Gasteiger partial charge in [0.2, 0.25) is 0 Å². The number of aromatic nitrogens is 3. The Labute approximate surface area is 238 Å². The third-order valence-electron chi connectivity index (χ3n) is 7.26. The molecule has 0 aliphatic carbocycles. The van der Waals surface area contributed by atoms with Crippen molar-refractivity contribution in [2.24, 2.45) is 0 Å². The second kappa shape index (κ2) is 10.7. The lowest BCUT2D eigenvalue weighted by atomic mass is 9.86. The third kappa shape index (κ3) is 5.79. The van der Waals surface area contributed by atoms with Crippen molar-refractivity contribution in [3.63, 3.8) is 0 Å². The highest BCUT2D eigenvalue weighted by molar-refractivity contribution is 5.83. The zero-order chi connectivity index (χ0) is 28.5. The number of nitrogens with zero attached hydrogens (tertiary/aromatic N) is 3. The van der Waals surface area contributed by atoms with Crippen molar-refractivity contribution >= 4 is 6.08 Å². The highest BCUT2D eigenvalue weighted by Crippen LogP contribution is 2.34. The lowest BCUT2D eigenvalue weighted by Crippen LogP contribution is -2.11. The van der Waals surface area contributed by atoms with Crippen molar-refractivity contribution in [3.05, 3.63) is 120 Å². The van der Waals surface area contributed by atoms with Crippen LogP contribution in [0.5, 0.6) is 0 Å². The van der Waals surface area contributed by atoms with Gasteiger partial charge in [-0.1, -0.05) is 145 Å². The molecule has 0 aliphatic heterocycles. The van der Waals surface area contributed by atoms with Gasteiger partial charge in [0.25, 0.3) is 0 Å². The van der Waals surface area contributed by atoms with Gasteiger partial charge in [-0.2, -0.15) is 0 Å². The molecule has 0 aliphatic rings. The average molecular weight is 524 g/mol. The van der Waals surface area contributed by atoms with E-state index in [1.165, 1.54) is 11.1 Å². The van der Waals surface area contributed by atoms with Crippen LogP contribution >= 0.6 is 0 Å². The summed E-state index contributed by atoms with van der Waals surface area (Å²) in [7, 11) is 0. The molecule has 0 spiro atoms. The topological polar surface area (TPSA) is 38.7 Å². The lowest BCUT2D eigenvalue weighted by Gasteiger charge is -2.19. The Hall–Kier alpha value is -4.37. The van der Waals surface area contributed by atoms with Gasteiger partial charge in [0, 0.05) is 16.7 Å². The maximum Gasteiger partial charge on any atom is 0.164 e. The Morgan fingerprint density at radius 3 is 1.43 bits per heavy atom. The maximum absolute atomic E-state index is 5.05. The maximum atomic E-state index is 5.05. The Bertz CT molecular complexity index is 1560. The molecule has 0 unspecified atom stereocenters. The van der Waals surface area contributed by atoms with Crippen molar-refractivity contribution in [2.45, 2.75) is 52.4 Å². The second-order valence-electron chi connectivity index (χ2n) is 12.3. The van der Waals surface area contributed by atoms with Gasteiger partial charge >= 0.3 is 0 Å². The Balaban J connectivity index is 1.72. The first kappa shape index (κ1) is 27.2. The predicted molar refractivity (Wildman–Crippen MR) is 169 cm³/mol. The van der Waals surface area contributed by atoms with Crippen LogP contribution in [0.4, 0.5) is 0 Å². The van der Waals surface area contributed by atoms with Crippen LogP contribution < -0.4 is 0 Å². The van der Waals surface area contributed by atoms with Crippen molar-refractivity contribution in [2.75, 3.05) is 0 Å². The second-order valence-corrected chi connectivity index (χ2v) is 12.3. The molecule has 3 nitrogen and oxygen atoms in total. The molecule has 1 heterocycles. The summed E-state index contributed by atoms with van der Waals surface area (Å²) in [5, 5.41) is 0. The van der Waals surface area contributed by atoms with Crippen molar-refractivity contribution in [1.82, 2.24) is 15.0 Å². The molecule has 0 bridgehead atoms. The summed E-state index contributed by atoms with van der Waals surface area (Å²) in [5.74, 6) is 1.95. The van der Waals surface area contributed by atoms with Gasteiger partial charge in [-0.3, -0.25) is 0 Å². The first-order chi connectivity index (χ1) is 19.0. The van der Waals surface area contributed by atoms with Crippen LogP contribution in [0.1, 0.15) is 58.2 Å². The summed E-state index contributed by atoms with van der Waals surface area (Å²) >= 11 is 0. The van der Waals surface area contributed by atoms with Gasteiger partial charge in [0.1, 0.15) is 0 Å². The molecule has 0 saturated heterocycles. The average Bonchev–Trinajstić information content (AvgIpc) is 2.96. The Morgan fingerprint density at radius 2 is 0.975 bits per heavy atom. The first-order valence-corrected chi connectivity index (χ1v) is 13.8. The lowest BCUT2D eigenvalue weighted by molar-refractivity contribution is 0.590. The normalized spacial score (nSPS) is 11.8. The van der Waals surface area contributed by atoms with Crippen molar-refractivity contribution < 1.29 is 0 Å². The summed E-state index contributed by atoms with van der Waals surface area (Å²) in [6.45, 7) is 17.3. The van der Waals surface area contributed by atoms with E-state index in [-0.39, 0.29) is 10.8 Å². The fourth-order valence-electron chi connectivity index (χ4n) is 4.74. The van der Waals surface area contributed by atoms with Crippen molar-refractivity contribution in [1.29, 1.82) is 0 Å². The molecule has 1 aromatic heterocycles. The van der Waals surface area contributed by atoms with Crippen LogP contribution in [-0.4, -0.2) is 15.0 Å². The number of rotatable bonds is 5.